The third-order valence-electron chi connectivity index (χ3n) is 4.37. The first-order valence-electron chi connectivity index (χ1n) is 8.38. The highest BCUT2D eigenvalue weighted by Crippen LogP contribution is 2.63. The fourth-order valence-corrected chi connectivity index (χ4v) is 2.33. The van der Waals surface area contributed by atoms with E-state index in [9.17, 15) is 79.4 Å². The van der Waals surface area contributed by atoms with Crippen LogP contribution in [0.2, 0.25) is 5.02 Å². The van der Waals surface area contributed by atoms with E-state index in [4.69, 9.17) is 11.6 Å². The summed E-state index contributed by atoms with van der Waals surface area (Å²) in [6.45, 7) is -1.24. The second kappa shape index (κ2) is 8.97. The molecule has 0 saturated heterocycles. The van der Waals surface area contributed by atoms with E-state index in [1.807, 2.05) is 0 Å². The molecule has 0 heterocycles. The highest BCUT2D eigenvalue weighted by atomic mass is 35.5. The number of carbonyl (C=O) groups excluding carboxylic acids is 1. The second-order valence-corrected chi connectivity index (χ2v) is 7.26. The van der Waals surface area contributed by atoms with Gasteiger partial charge < -0.3 is 5.32 Å². The highest BCUT2D eigenvalue weighted by Gasteiger charge is 2.95. The summed E-state index contributed by atoms with van der Waals surface area (Å²) in [6.07, 6.45) is -7.83. The summed E-state index contributed by atoms with van der Waals surface area (Å²) < 4.78 is 224. The van der Waals surface area contributed by atoms with Gasteiger partial charge in [0.25, 0.3) is 5.91 Å². The van der Waals surface area contributed by atoms with Crippen LogP contribution in [0.1, 0.15) is 5.56 Å². The minimum atomic E-state index is -8.75. The fraction of sp³-hybridized carbons (Fsp3) is 0.562. The Balaban J connectivity index is 3.45. The van der Waals surface area contributed by atoms with Gasteiger partial charge in [0, 0.05) is 11.6 Å². The molecule has 0 atom stereocenters. The number of hydrogen-bond acceptors (Lipinski definition) is 1. The molecule has 36 heavy (non-hydrogen) atoms. The zero-order chi connectivity index (χ0) is 29.0. The Bertz CT molecular complexity index is 954. The van der Waals surface area contributed by atoms with Crippen molar-refractivity contribution < 1.29 is 79.4 Å². The van der Waals surface area contributed by atoms with E-state index in [1.165, 1.54) is 0 Å². The third kappa shape index (κ3) is 4.51. The molecular weight excluding hydrogens is 581 g/mol. The molecule has 0 unspecified atom stereocenters. The molecule has 0 aromatic heterocycles. The summed E-state index contributed by atoms with van der Waals surface area (Å²) in [5, 5.41) is 0.805. The average molecular weight is 588 g/mol. The smallest absolute Gasteiger partial charge is 0.347 e. The molecule has 0 bridgehead atoms. The quantitative estimate of drug-likeness (QED) is 0.311. The van der Waals surface area contributed by atoms with Gasteiger partial charge in [-0.1, -0.05) is 23.7 Å². The van der Waals surface area contributed by atoms with Gasteiger partial charge in [-0.3, -0.25) is 4.79 Å². The summed E-state index contributed by atoms with van der Waals surface area (Å²) in [7, 11) is 0. The van der Waals surface area contributed by atoms with Crippen molar-refractivity contribution in [3.8, 4) is 0 Å². The lowest BCUT2D eigenvalue weighted by Gasteiger charge is -2.42. The molecule has 0 saturated carbocycles. The molecule has 20 heteroatoms. The van der Waals surface area contributed by atoms with Crippen LogP contribution in [0, 0.1) is 0 Å². The molecule has 0 aliphatic rings. The molecule has 2 nitrogen and oxygen atoms in total. The lowest BCUT2D eigenvalue weighted by molar-refractivity contribution is -0.459. The monoisotopic (exact) mass is 587 g/mol. The Morgan fingerprint density at radius 1 is 0.583 bits per heavy atom. The molecule has 1 amide bonds. The molecule has 1 aromatic rings. The lowest BCUT2D eigenvalue weighted by atomic mass is 9.89. The van der Waals surface area contributed by atoms with E-state index >= 15 is 0 Å². The Hall–Kier alpha value is -2.21. The Morgan fingerprint density at radius 2 is 0.917 bits per heavy atom. The van der Waals surface area contributed by atoms with E-state index in [0.29, 0.717) is 0 Å². The maximum absolute atomic E-state index is 13.7. The van der Waals surface area contributed by atoms with Gasteiger partial charge in [-0.05, 0) is 17.7 Å². The van der Waals surface area contributed by atoms with E-state index in [2.05, 4.69) is 0 Å². The number of carbonyl (C=O) groups is 1. The van der Waals surface area contributed by atoms with Gasteiger partial charge in [0.05, 0.1) is 0 Å². The molecule has 208 valence electrons. The van der Waals surface area contributed by atoms with Crippen LogP contribution in [0.4, 0.5) is 74.6 Å². The molecule has 0 radical (unpaired) electrons. The van der Waals surface area contributed by atoms with Crippen LogP contribution in [-0.2, 0) is 11.3 Å². The summed E-state index contributed by atoms with van der Waals surface area (Å²) in [5.74, 6) is -61.7. The van der Waals surface area contributed by atoms with E-state index in [-0.39, 0.29) is 10.6 Å². The largest absolute Gasteiger partial charge is 0.460 e. The third-order valence-corrected chi connectivity index (χ3v) is 4.63. The zero-order valence-corrected chi connectivity index (χ0v) is 17.0. The van der Waals surface area contributed by atoms with Gasteiger partial charge in [-0.25, -0.2) is 0 Å². The van der Waals surface area contributed by atoms with Crippen molar-refractivity contribution in [3.63, 3.8) is 0 Å². The van der Waals surface area contributed by atoms with E-state index in [0.717, 1.165) is 29.6 Å². The molecule has 1 rings (SSSR count). The first-order chi connectivity index (χ1) is 15.6. The topological polar surface area (TPSA) is 29.1 Å². The van der Waals surface area contributed by atoms with Crippen molar-refractivity contribution in [3.05, 3.63) is 34.9 Å². The zero-order valence-electron chi connectivity index (χ0n) is 16.2. The normalized spacial score (nSPS) is 15.2. The predicted molar refractivity (Wildman–Crippen MR) is 84.0 cm³/mol. The number of rotatable bonds is 9. The number of hydrogen-bond donors (Lipinski definition) is 1. The average Bonchev–Trinajstić information content (AvgIpc) is 2.71. The van der Waals surface area contributed by atoms with E-state index < -0.39 is 60.1 Å². The minimum absolute atomic E-state index is 0.00218. The fourth-order valence-electron chi connectivity index (χ4n) is 2.20. The van der Waals surface area contributed by atoms with Crippen LogP contribution in [0.15, 0.2) is 24.3 Å². The maximum Gasteiger partial charge on any atom is 0.460 e. The Labute approximate surface area is 192 Å². The van der Waals surface area contributed by atoms with Crippen molar-refractivity contribution in [1.82, 2.24) is 5.32 Å². The van der Waals surface area contributed by atoms with E-state index in [1.54, 1.807) is 0 Å². The summed E-state index contributed by atoms with van der Waals surface area (Å²) in [4.78, 5) is 11.3. The number of nitrogens with one attached hydrogen (secondary N) is 1. The molecule has 0 spiro atoms. The second-order valence-electron chi connectivity index (χ2n) is 6.83. The number of benzene rings is 1. The number of amides is 1. The lowest BCUT2D eigenvalue weighted by Crippen LogP contribution is -2.75. The molecular formula is C16H7ClF17NO. The van der Waals surface area contributed by atoms with Crippen LogP contribution >= 0.6 is 11.6 Å². The van der Waals surface area contributed by atoms with Crippen LogP contribution in [0.25, 0.3) is 0 Å². The van der Waals surface area contributed by atoms with Crippen LogP contribution in [0.5, 0.6) is 0 Å². The molecule has 1 N–H and O–H groups in total. The minimum Gasteiger partial charge on any atom is -0.347 e. The van der Waals surface area contributed by atoms with Gasteiger partial charge in [-0.2, -0.15) is 74.6 Å². The summed E-state index contributed by atoms with van der Waals surface area (Å²) >= 11 is 5.44. The SMILES string of the molecule is O=C(NCc1ccc(Cl)cc1)C(F)(F)C(F)(F)C(F)(F)C(F)(F)C(F)(F)C(F)(F)C(F)(F)C(F)(F)F. The molecule has 1 aromatic carbocycles. The van der Waals surface area contributed by atoms with Crippen molar-refractivity contribution in [2.45, 2.75) is 54.2 Å². The van der Waals surface area contributed by atoms with Crippen molar-refractivity contribution in [2.24, 2.45) is 0 Å². The highest BCUT2D eigenvalue weighted by molar-refractivity contribution is 6.30. The number of alkyl halides is 17. The molecule has 0 aliphatic heterocycles. The van der Waals surface area contributed by atoms with Gasteiger partial charge in [0.2, 0.25) is 0 Å². The predicted octanol–water partition coefficient (Wildman–Crippen LogP) is 6.97. The number of halogens is 18. The van der Waals surface area contributed by atoms with Gasteiger partial charge in [0.1, 0.15) is 0 Å². The van der Waals surface area contributed by atoms with Crippen LogP contribution in [0.3, 0.4) is 0 Å². The Kier molecular flexibility index (Phi) is 7.93. The Morgan fingerprint density at radius 3 is 1.28 bits per heavy atom. The van der Waals surface area contributed by atoms with Gasteiger partial charge >= 0.3 is 47.6 Å². The van der Waals surface area contributed by atoms with Crippen molar-refractivity contribution in [2.75, 3.05) is 0 Å². The summed E-state index contributed by atoms with van der Waals surface area (Å²) in [5.41, 5.74) is -0.274. The molecule has 0 fully saturated rings. The van der Waals surface area contributed by atoms with Gasteiger partial charge in [-0.15, -0.1) is 0 Å². The van der Waals surface area contributed by atoms with Crippen molar-refractivity contribution in [1.29, 1.82) is 0 Å². The standard InChI is InChI=1S/C16H7ClF17NO/c17-7-3-1-6(2-4-7)5-35-8(36)9(18,19)10(20,21)11(22,23)12(24,25)13(26,27)14(28,29)15(30,31)16(32,33)34/h1-4H,5H2,(H,35,36). The van der Waals surface area contributed by atoms with Gasteiger partial charge in [0.15, 0.2) is 0 Å². The maximum atomic E-state index is 13.7. The first kappa shape index (κ1) is 31.8. The van der Waals surface area contributed by atoms with Crippen molar-refractivity contribution >= 4 is 17.5 Å². The summed E-state index contributed by atoms with van der Waals surface area (Å²) in [6, 6.07) is 3.88. The molecule has 0 aliphatic carbocycles. The van der Waals surface area contributed by atoms with Crippen LogP contribution in [-0.4, -0.2) is 53.5 Å². The van der Waals surface area contributed by atoms with Crippen LogP contribution < -0.4 is 5.32 Å². The first-order valence-corrected chi connectivity index (χ1v) is 8.76.